The fourth-order valence-corrected chi connectivity index (χ4v) is 2.39. The van der Waals surface area contributed by atoms with Crippen LogP contribution in [0.15, 0.2) is 24.3 Å². The van der Waals surface area contributed by atoms with Crippen LogP contribution >= 0.6 is 0 Å². The highest BCUT2D eigenvalue weighted by molar-refractivity contribution is 5.72. The summed E-state index contributed by atoms with van der Waals surface area (Å²) < 4.78 is 23.6. The van der Waals surface area contributed by atoms with E-state index in [-0.39, 0.29) is 37.2 Å². The molecule has 0 heterocycles. The van der Waals surface area contributed by atoms with Gasteiger partial charge in [-0.25, -0.2) is 4.39 Å². The molecule has 0 aromatic heterocycles. The number of ether oxygens (including phenoxy) is 2. The molecular formula is C20H29FO4. The highest BCUT2D eigenvalue weighted by atomic mass is 19.1. The quantitative estimate of drug-likeness (QED) is 0.385. The van der Waals surface area contributed by atoms with Gasteiger partial charge in [0.05, 0.1) is 13.2 Å². The number of hydrogen-bond donors (Lipinski definition) is 0. The van der Waals surface area contributed by atoms with Gasteiger partial charge in [0.15, 0.2) is 0 Å². The monoisotopic (exact) mass is 352 g/mol. The van der Waals surface area contributed by atoms with Crippen molar-refractivity contribution < 1.29 is 23.5 Å². The van der Waals surface area contributed by atoms with Crippen molar-refractivity contribution >= 4 is 11.9 Å². The zero-order valence-corrected chi connectivity index (χ0v) is 15.1. The maximum atomic E-state index is 13.4. The highest BCUT2D eigenvalue weighted by Gasteiger charge is 2.08. The second-order valence-electron chi connectivity index (χ2n) is 6.05. The molecule has 0 amide bonds. The third kappa shape index (κ3) is 10.5. The van der Waals surface area contributed by atoms with E-state index in [1.165, 1.54) is 25.3 Å². The van der Waals surface area contributed by atoms with E-state index in [0.717, 1.165) is 12.8 Å². The molecule has 1 aromatic rings. The molecule has 0 spiro atoms. The van der Waals surface area contributed by atoms with Gasteiger partial charge in [-0.05, 0) is 24.5 Å². The van der Waals surface area contributed by atoms with Crippen molar-refractivity contribution in [1.29, 1.82) is 0 Å². The Kier molecular flexibility index (Phi) is 11.3. The van der Waals surface area contributed by atoms with Crippen molar-refractivity contribution in [2.45, 2.75) is 64.7 Å². The van der Waals surface area contributed by atoms with Crippen LogP contribution in [-0.4, -0.2) is 25.2 Å². The normalized spacial score (nSPS) is 10.5. The van der Waals surface area contributed by atoms with Crippen molar-refractivity contribution in [3.63, 3.8) is 0 Å². The topological polar surface area (TPSA) is 52.6 Å². The van der Waals surface area contributed by atoms with Crippen molar-refractivity contribution in [3.05, 3.63) is 35.6 Å². The van der Waals surface area contributed by atoms with Gasteiger partial charge in [-0.1, -0.05) is 50.8 Å². The maximum Gasteiger partial charge on any atom is 0.305 e. The summed E-state index contributed by atoms with van der Waals surface area (Å²) in [7, 11) is 0. The number of hydrogen-bond acceptors (Lipinski definition) is 4. The highest BCUT2D eigenvalue weighted by Crippen LogP contribution is 2.08. The van der Waals surface area contributed by atoms with Crippen LogP contribution in [0.1, 0.15) is 63.9 Å². The Hall–Kier alpha value is -1.91. The number of halogens is 1. The SMILES string of the molecule is CCCCCCCOC(=O)CCCC(=O)OCCc1ccccc1F. The van der Waals surface area contributed by atoms with Gasteiger partial charge in [0.25, 0.3) is 0 Å². The van der Waals surface area contributed by atoms with Crippen molar-refractivity contribution in [3.8, 4) is 0 Å². The zero-order chi connectivity index (χ0) is 18.3. The molecule has 140 valence electrons. The smallest absolute Gasteiger partial charge is 0.305 e. The molecule has 5 heteroatoms. The molecule has 0 N–H and O–H groups in total. The molecule has 25 heavy (non-hydrogen) atoms. The Morgan fingerprint density at radius 3 is 2.20 bits per heavy atom. The summed E-state index contributed by atoms with van der Waals surface area (Å²) >= 11 is 0. The fraction of sp³-hybridized carbons (Fsp3) is 0.600. The molecule has 0 aliphatic carbocycles. The lowest BCUT2D eigenvalue weighted by molar-refractivity contribution is -0.145. The van der Waals surface area contributed by atoms with Crippen LogP contribution in [0.2, 0.25) is 0 Å². The minimum absolute atomic E-state index is 0.141. The van der Waals surface area contributed by atoms with E-state index >= 15 is 0 Å². The van der Waals surface area contributed by atoms with Gasteiger partial charge in [-0.2, -0.15) is 0 Å². The third-order valence-corrected chi connectivity index (χ3v) is 3.87. The van der Waals surface area contributed by atoms with Gasteiger partial charge in [0.2, 0.25) is 0 Å². The first-order valence-corrected chi connectivity index (χ1v) is 9.18. The Morgan fingerprint density at radius 1 is 0.880 bits per heavy atom. The molecular weight excluding hydrogens is 323 g/mol. The van der Waals surface area contributed by atoms with E-state index in [1.807, 2.05) is 0 Å². The largest absolute Gasteiger partial charge is 0.466 e. The zero-order valence-electron chi connectivity index (χ0n) is 15.1. The van der Waals surface area contributed by atoms with E-state index in [9.17, 15) is 14.0 Å². The average molecular weight is 352 g/mol. The van der Waals surface area contributed by atoms with Gasteiger partial charge < -0.3 is 9.47 Å². The number of benzene rings is 1. The predicted octanol–water partition coefficient (Wildman–Crippen LogP) is 4.60. The van der Waals surface area contributed by atoms with Gasteiger partial charge in [-0.3, -0.25) is 9.59 Å². The van der Waals surface area contributed by atoms with E-state index in [0.29, 0.717) is 25.0 Å². The fourth-order valence-electron chi connectivity index (χ4n) is 2.39. The van der Waals surface area contributed by atoms with Gasteiger partial charge in [-0.15, -0.1) is 0 Å². The van der Waals surface area contributed by atoms with Gasteiger partial charge in [0.1, 0.15) is 5.82 Å². The molecule has 0 atom stereocenters. The lowest BCUT2D eigenvalue weighted by Crippen LogP contribution is -2.10. The molecule has 0 radical (unpaired) electrons. The summed E-state index contributed by atoms with van der Waals surface area (Å²) in [4.78, 5) is 23.1. The first-order valence-electron chi connectivity index (χ1n) is 9.18. The van der Waals surface area contributed by atoms with Crippen LogP contribution in [0.4, 0.5) is 4.39 Å². The number of esters is 2. The minimum atomic E-state index is -0.372. The van der Waals surface area contributed by atoms with Gasteiger partial charge in [0, 0.05) is 19.3 Å². The molecule has 0 aliphatic rings. The number of carbonyl (C=O) groups is 2. The van der Waals surface area contributed by atoms with Crippen molar-refractivity contribution in [2.24, 2.45) is 0 Å². The summed E-state index contributed by atoms with van der Waals surface area (Å²) in [5.41, 5.74) is 0.526. The Labute approximate surface area is 149 Å². The minimum Gasteiger partial charge on any atom is -0.466 e. The Balaban J connectivity index is 2.01. The van der Waals surface area contributed by atoms with Crippen LogP contribution < -0.4 is 0 Å². The Bertz CT molecular complexity index is 516. The molecule has 0 saturated heterocycles. The summed E-state index contributed by atoms with van der Waals surface area (Å²) in [6.45, 7) is 2.75. The van der Waals surface area contributed by atoms with E-state index in [1.54, 1.807) is 18.2 Å². The lowest BCUT2D eigenvalue weighted by Gasteiger charge is -2.06. The molecule has 0 bridgehead atoms. The number of carbonyl (C=O) groups excluding carboxylic acids is 2. The van der Waals surface area contributed by atoms with Crippen LogP contribution in [0, 0.1) is 5.82 Å². The first-order chi connectivity index (χ1) is 12.1. The second-order valence-corrected chi connectivity index (χ2v) is 6.05. The van der Waals surface area contributed by atoms with Crippen molar-refractivity contribution in [2.75, 3.05) is 13.2 Å². The molecule has 0 unspecified atom stereocenters. The second kappa shape index (κ2) is 13.4. The van der Waals surface area contributed by atoms with Crippen LogP contribution in [0.5, 0.6) is 0 Å². The predicted molar refractivity (Wildman–Crippen MR) is 94.6 cm³/mol. The van der Waals surface area contributed by atoms with E-state index in [4.69, 9.17) is 9.47 Å². The summed E-state index contributed by atoms with van der Waals surface area (Å²) in [6.07, 6.45) is 6.70. The van der Waals surface area contributed by atoms with Crippen LogP contribution in [0.25, 0.3) is 0 Å². The summed E-state index contributed by atoms with van der Waals surface area (Å²) in [5.74, 6) is -0.936. The van der Waals surface area contributed by atoms with Crippen LogP contribution in [0.3, 0.4) is 0 Å². The molecule has 1 rings (SSSR count). The summed E-state index contributed by atoms with van der Waals surface area (Å²) in [5, 5.41) is 0. The van der Waals surface area contributed by atoms with Crippen molar-refractivity contribution in [1.82, 2.24) is 0 Å². The lowest BCUT2D eigenvalue weighted by atomic mass is 10.1. The molecule has 0 aliphatic heterocycles. The van der Waals surface area contributed by atoms with E-state index < -0.39 is 0 Å². The standard InChI is InChI=1S/C20H29FO4/c1-2-3-4-5-8-15-24-19(22)12-9-13-20(23)25-16-14-17-10-6-7-11-18(17)21/h6-7,10-11H,2-5,8-9,12-16H2,1H3. The van der Waals surface area contributed by atoms with E-state index in [2.05, 4.69) is 6.92 Å². The van der Waals surface area contributed by atoms with Crippen LogP contribution in [-0.2, 0) is 25.5 Å². The Morgan fingerprint density at radius 2 is 1.52 bits per heavy atom. The average Bonchev–Trinajstić information content (AvgIpc) is 2.59. The first kappa shape index (κ1) is 21.1. The summed E-state index contributed by atoms with van der Waals surface area (Å²) in [6, 6.07) is 6.42. The third-order valence-electron chi connectivity index (χ3n) is 3.87. The maximum absolute atomic E-state index is 13.4. The molecule has 1 aromatic carbocycles. The van der Waals surface area contributed by atoms with Gasteiger partial charge >= 0.3 is 11.9 Å². The number of unbranched alkanes of at least 4 members (excludes halogenated alkanes) is 4. The molecule has 0 fully saturated rings. The molecule has 0 saturated carbocycles. The number of rotatable bonds is 13. The molecule has 4 nitrogen and oxygen atoms in total.